The molecule has 3 N–H and O–H groups in total. The summed E-state index contributed by atoms with van der Waals surface area (Å²) in [7, 11) is 1.65. The van der Waals surface area contributed by atoms with E-state index in [2.05, 4.69) is 0 Å². The molecule has 142 valence electrons. The van der Waals surface area contributed by atoms with Crippen molar-refractivity contribution in [3.8, 4) is 11.5 Å². The minimum atomic E-state index is -2.93. The fourth-order valence-corrected chi connectivity index (χ4v) is 3.89. The number of methoxy groups -OCH3 is 1. The molecule has 2 atom stereocenters. The summed E-state index contributed by atoms with van der Waals surface area (Å²) in [5, 5.41) is 0.661. The third-order valence-electron chi connectivity index (χ3n) is 3.70. The highest BCUT2D eigenvalue weighted by molar-refractivity contribution is 8.13. The lowest BCUT2D eigenvalue weighted by Gasteiger charge is -2.16. The Kier molecular flexibility index (Phi) is 8.01. The van der Waals surface area contributed by atoms with E-state index in [0.29, 0.717) is 11.1 Å². The number of ether oxygens (including phenoxy) is 1. The molecule has 0 bridgehead atoms. The SMILES string of the molecule is COc1ccc([C@@H](C)N)cc1.OP(=S)(Oc1ccccc1)c1ccccc1. The zero-order valence-electron chi connectivity index (χ0n) is 15.4. The molecule has 0 saturated heterocycles. The predicted octanol–water partition coefficient (Wildman–Crippen LogP) is 4.41. The summed E-state index contributed by atoms with van der Waals surface area (Å²) in [6.07, 6.45) is 0. The van der Waals surface area contributed by atoms with Crippen molar-refractivity contribution in [3.05, 3.63) is 90.5 Å². The van der Waals surface area contributed by atoms with Gasteiger partial charge in [-0.05, 0) is 60.7 Å². The summed E-state index contributed by atoms with van der Waals surface area (Å²) in [6, 6.07) is 26.1. The predicted molar refractivity (Wildman–Crippen MR) is 115 cm³/mol. The molecule has 0 fully saturated rings. The minimum absolute atomic E-state index is 0.0981. The third-order valence-corrected chi connectivity index (χ3v) is 5.96. The van der Waals surface area contributed by atoms with Gasteiger partial charge in [-0.25, -0.2) is 0 Å². The maximum Gasteiger partial charge on any atom is 0.266 e. The van der Waals surface area contributed by atoms with Crippen LogP contribution in [0.1, 0.15) is 18.5 Å². The molecule has 1 unspecified atom stereocenters. The van der Waals surface area contributed by atoms with E-state index < -0.39 is 6.49 Å². The second kappa shape index (κ2) is 10.2. The average Bonchev–Trinajstić information content (AvgIpc) is 2.69. The minimum Gasteiger partial charge on any atom is -0.497 e. The summed E-state index contributed by atoms with van der Waals surface area (Å²) >= 11 is 5.14. The summed E-state index contributed by atoms with van der Waals surface area (Å²) in [4.78, 5) is 10.1. The van der Waals surface area contributed by atoms with Crippen LogP contribution >= 0.6 is 6.49 Å². The Morgan fingerprint density at radius 3 is 1.85 bits per heavy atom. The van der Waals surface area contributed by atoms with E-state index >= 15 is 0 Å². The number of para-hydroxylation sites is 1. The Bertz CT molecular complexity index is 856. The Balaban J connectivity index is 0.000000208. The number of hydrogen-bond donors (Lipinski definition) is 2. The monoisotopic (exact) mass is 401 g/mol. The van der Waals surface area contributed by atoms with Crippen molar-refractivity contribution in [1.82, 2.24) is 0 Å². The van der Waals surface area contributed by atoms with Gasteiger partial charge in [0.25, 0.3) is 6.49 Å². The van der Waals surface area contributed by atoms with Crippen LogP contribution in [0.25, 0.3) is 0 Å². The topological polar surface area (TPSA) is 64.7 Å². The van der Waals surface area contributed by atoms with Crippen molar-refractivity contribution in [1.29, 1.82) is 0 Å². The maximum absolute atomic E-state index is 10.1. The van der Waals surface area contributed by atoms with E-state index in [1.807, 2.05) is 67.6 Å². The molecule has 0 aromatic heterocycles. The molecule has 0 aliphatic carbocycles. The molecule has 4 nitrogen and oxygen atoms in total. The molecule has 27 heavy (non-hydrogen) atoms. The molecule has 0 heterocycles. The quantitative estimate of drug-likeness (QED) is 0.620. The Hall–Kier alpha value is -2.17. The molecule has 0 aliphatic heterocycles. The Morgan fingerprint density at radius 2 is 1.37 bits per heavy atom. The van der Waals surface area contributed by atoms with Crippen LogP contribution in [0.5, 0.6) is 11.5 Å². The van der Waals surface area contributed by atoms with Crippen molar-refractivity contribution in [2.75, 3.05) is 7.11 Å². The first-order valence-corrected chi connectivity index (χ1v) is 11.1. The molecule has 0 amide bonds. The highest BCUT2D eigenvalue weighted by Gasteiger charge is 2.17. The first-order chi connectivity index (χ1) is 12.9. The first kappa shape index (κ1) is 21.1. The van der Waals surface area contributed by atoms with Gasteiger partial charge >= 0.3 is 0 Å². The third kappa shape index (κ3) is 6.81. The van der Waals surface area contributed by atoms with Gasteiger partial charge in [0.1, 0.15) is 11.5 Å². The van der Waals surface area contributed by atoms with Gasteiger partial charge in [-0.15, -0.1) is 0 Å². The lowest BCUT2D eigenvalue weighted by atomic mass is 10.1. The summed E-state index contributed by atoms with van der Waals surface area (Å²) < 4.78 is 10.5. The largest absolute Gasteiger partial charge is 0.497 e. The van der Waals surface area contributed by atoms with Crippen molar-refractivity contribution in [2.45, 2.75) is 13.0 Å². The lowest BCUT2D eigenvalue weighted by molar-refractivity contribution is 0.414. The molecule has 3 aromatic rings. The van der Waals surface area contributed by atoms with E-state index in [-0.39, 0.29) is 6.04 Å². The van der Waals surface area contributed by atoms with E-state index in [9.17, 15) is 4.89 Å². The van der Waals surface area contributed by atoms with Gasteiger partial charge in [-0.2, -0.15) is 0 Å². The van der Waals surface area contributed by atoms with Gasteiger partial charge in [0.2, 0.25) is 0 Å². The molecule has 0 saturated carbocycles. The van der Waals surface area contributed by atoms with Crippen LogP contribution in [0.4, 0.5) is 0 Å². The van der Waals surface area contributed by atoms with Crippen LogP contribution < -0.4 is 20.3 Å². The Labute approximate surface area is 165 Å². The van der Waals surface area contributed by atoms with E-state index in [1.54, 1.807) is 31.4 Å². The number of nitrogens with two attached hydrogens (primary N) is 1. The van der Waals surface area contributed by atoms with Gasteiger partial charge < -0.3 is 19.9 Å². The van der Waals surface area contributed by atoms with Gasteiger partial charge in [-0.1, -0.05) is 48.5 Å². The highest BCUT2D eigenvalue weighted by Crippen LogP contribution is 2.41. The molecular formula is C21H24NO3PS. The summed E-state index contributed by atoms with van der Waals surface area (Å²) in [5.74, 6) is 1.46. The Morgan fingerprint density at radius 1 is 0.852 bits per heavy atom. The molecule has 3 rings (SSSR count). The fourth-order valence-electron chi connectivity index (χ4n) is 2.20. The van der Waals surface area contributed by atoms with Crippen LogP contribution in [0.15, 0.2) is 84.9 Å². The number of rotatable bonds is 5. The smallest absolute Gasteiger partial charge is 0.266 e. The molecular weight excluding hydrogens is 377 g/mol. The van der Waals surface area contributed by atoms with Crippen molar-refractivity contribution in [3.63, 3.8) is 0 Å². The first-order valence-electron chi connectivity index (χ1n) is 8.45. The van der Waals surface area contributed by atoms with Crippen LogP contribution in [0.3, 0.4) is 0 Å². The zero-order chi connectivity index (χ0) is 19.7. The highest BCUT2D eigenvalue weighted by atomic mass is 32.5. The molecule has 0 spiro atoms. The molecule has 0 aliphatic rings. The normalized spacial score (nSPS) is 13.5. The molecule has 6 heteroatoms. The summed E-state index contributed by atoms with van der Waals surface area (Å²) in [6.45, 7) is -0.973. The average molecular weight is 401 g/mol. The van der Waals surface area contributed by atoms with Gasteiger partial charge in [-0.3, -0.25) is 0 Å². The van der Waals surface area contributed by atoms with Crippen LogP contribution in [-0.2, 0) is 11.8 Å². The lowest BCUT2D eigenvalue weighted by Crippen LogP contribution is -2.07. The second-order valence-corrected chi connectivity index (χ2v) is 9.05. The fraction of sp³-hybridized carbons (Fsp3) is 0.143. The van der Waals surface area contributed by atoms with Crippen LogP contribution in [0, 0.1) is 0 Å². The van der Waals surface area contributed by atoms with Gasteiger partial charge in [0, 0.05) is 11.3 Å². The van der Waals surface area contributed by atoms with Crippen LogP contribution in [-0.4, -0.2) is 12.0 Å². The van der Waals surface area contributed by atoms with Gasteiger partial charge in [0.05, 0.1) is 7.11 Å². The van der Waals surface area contributed by atoms with Crippen molar-refractivity contribution in [2.24, 2.45) is 5.73 Å². The van der Waals surface area contributed by atoms with E-state index in [4.69, 9.17) is 26.8 Å². The van der Waals surface area contributed by atoms with E-state index in [1.165, 1.54) is 0 Å². The van der Waals surface area contributed by atoms with Crippen molar-refractivity contribution < 1.29 is 14.2 Å². The van der Waals surface area contributed by atoms with Gasteiger partial charge in [0.15, 0.2) is 0 Å². The summed E-state index contributed by atoms with van der Waals surface area (Å²) in [5.41, 5.74) is 6.79. The van der Waals surface area contributed by atoms with Crippen LogP contribution in [0.2, 0.25) is 0 Å². The number of benzene rings is 3. The second-order valence-electron chi connectivity index (χ2n) is 5.82. The zero-order valence-corrected chi connectivity index (χ0v) is 17.1. The molecule has 0 radical (unpaired) electrons. The van der Waals surface area contributed by atoms with Crippen molar-refractivity contribution >= 4 is 23.6 Å². The van der Waals surface area contributed by atoms with E-state index in [0.717, 1.165) is 11.3 Å². The molecule has 3 aromatic carbocycles. The maximum atomic E-state index is 10.1. The number of hydrogen-bond acceptors (Lipinski definition) is 4. The standard InChI is InChI=1S/C12H11O2PS.C9H13NO/c13-15(16,12-9-5-2-6-10-12)14-11-7-3-1-4-8-11;1-7(10)8-3-5-9(11-2)6-4-8/h1-10H,(H,13,16);3-7H,10H2,1-2H3/t;7-/m.1/s1.